The summed E-state index contributed by atoms with van der Waals surface area (Å²) in [5, 5.41) is 2.26. The van der Waals surface area contributed by atoms with Crippen LogP contribution in [-0.2, 0) is 0 Å². The number of nitrogens with one attached hydrogen (secondary N) is 1. The number of H-pyrrole nitrogens is 1. The third-order valence-electron chi connectivity index (χ3n) is 3.36. The van der Waals surface area contributed by atoms with Crippen molar-refractivity contribution >= 4 is 21.8 Å². The summed E-state index contributed by atoms with van der Waals surface area (Å²) in [5.41, 5.74) is 4.27. The van der Waals surface area contributed by atoms with Crippen LogP contribution in [0.15, 0.2) is 60.8 Å². The van der Waals surface area contributed by atoms with Crippen LogP contribution in [0.2, 0.25) is 0 Å². The molecule has 2 nitrogen and oxygen atoms in total. The summed E-state index contributed by atoms with van der Waals surface area (Å²) in [4.78, 5) is 7.81. The molecule has 2 aromatic carbocycles. The van der Waals surface area contributed by atoms with E-state index < -0.39 is 0 Å². The molecule has 0 aliphatic carbocycles. The van der Waals surface area contributed by atoms with Gasteiger partial charge in [-0.05, 0) is 18.2 Å². The van der Waals surface area contributed by atoms with Crippen molar-refractivity contribution in [3.05, 3.63) is 66.9 Å². The van der Waals surface area contributed by atoms with Gasteiger partial charge < -0.3 is 4.98 Å². The molecule has 0 spiro atoms. The molecule has 0 saturated carbocycles. The van der Waals surface area contributed by atoms with Crippen LogP contribution in [-0.4, -0.2) is 9.97 Å². The maximum atomic E-state index is 4.39. The number of para-hydroxylation sites is 2. The van der Waals surface area contributed by atoms with Crippen molar-refractivity contribution in [2.75, 3.05) is 0 Å². The molecule has 4 rings (SSSR count). The van der Waals surface area contributed by atoms with Crippen molar-refractivity contribution in [1.29, 1.82) is 0 Å². The SMILES string of the molecule is [c]1c(-c2ccnc3ccccc23)[nH]c2ccccc12. The quantitative estimate of drug-likeness (QED) is 0.533. The summed E-state index contributed by atoms with van der Waals surface area (Å²) in [6.07, 6.45) is 1.84. The van der Waals surface area contributed by atoms with Crippen LogP contribution in [0.25, 0.3) is 33.1 Å². The monoisotopic (exact) mass is 243 g/mol. The molecule has 2 heteroatoms. The second-order valence-electron chi connectivity index (χ2n) is 4.55. The van der Waals surface area contributed by atoms with Gasteiger partial charge in [0, 0.05) is 34.1 Å². The fourth-order valence-electron chi connectivity index (χ4n) is 2.45. The van der Waals surface area contributed by atoms with Crippen molar-refractivity contribution in [1.82, 2.24) is 9.97 Å². The van der Waals surface area contributed by atoms with Crippen LogP contribution in [0.1, 0.15) is 0 Å². The Morgan fingerprint density at radius 2 is 1.74 bits per heavy atom. The van der Waals surface area contributed by atoms with E-state index >= 15 is 0 Å². The minimum Gasteiger partial charge on any atom is -0.354 e. The van der Waals surface area contributed by atoms with E-state index in [1.54, 1.807) is 0 Å². The Balaban J connectivity index is 2.03. The Bertz CT molecular complexity index is 836. The molecule has 0 unspecified atom stereocenters. The standard InChI is InChI=1S/C17H11N2/c1-3-7-15-12(5-1)11-17(19-15)14-9-10-18-16-8-4-2-6-13(14)16/h1-10,19H. The average molecular weight is 243 g/mol. The van der Waals surface area contributed by atoms with Gasteiger partial charge in [-0.25, -0.2) is 0 Å². The van der Waals surface area contributed by atoms with Gasteiger partial charge in [-0.3, -0.25) is 4.98 Å². The highest BCUT2D eigenvalue weighted by Gasteiger charge is 2.07. The number of hydrogen-bond donors (Lipinski definition) is 1. The number of benzene rings is 2. The van der Waals surface area contributed by atoms with Crippen molar-refractivity contribution < 1.29 is 0 Å². The first-order valence-electron chi connectivity index (χ1n) is 6.26. The lowest BCUT2D eigenvalue weighted by Crippen LogP contribution is -1.83. The van der Waals surface area contributed by atoms with E-state index in [1.165, 1.54) is 0 Å². The minimum atomic E-state index is 1.01. The van der Waals surface area contributed by atoms with Crippen molar-refractivity contribution in [3.8, 4) is 11.3 Å². The molecule has 0 aliphatic heterocycles. The topological polar surface area (TPSA) is 28.7 Å². The Morgan fingerprint density at radius 3 is 2.68 bits per heavy atom. The molecule has 19 heavy (non-hydrogen) atoms. The van der Waals surface area contributed by atoms with E-state index in [2.05, 4.69) is 34.2 Å². The predicted octanol–water partition coefficient (Wildman–Crippen LogP) is 4.18. The second-order valence-corrected chi connectivity index (χ2v) is 4.55. The highest BCUT2D eigenvalue weighted by molar-refractivity contribution is 5.96. The molecule has 0 atom stereocenters. The van der Waals surface area contributed by atoms with Crippen LogP contribution in [0.3, 0.4) is 0 Å². The lowest BCUT2D eigenvalue weighted by Gasteiger charge is -2.03. The third kappa shape index (κ3) is 1.61. The van der Waals surface area contributed by atoms with E-state index in [0.717, 1.165) is 33.1 Å². The van der Waals surface area contributed by atoms with Gasteiger partial charge in [-0.1, -0.05) is 36.4 Å². The fraction of sp³-hybridized carbons (Fsp3) is 0. The van der Waals surface area contributed by atoms with Crippen LogP contribution < -0.4 is 0 Å². The molecular formula is C17H11N2. The van der Waals surface area contributed by atoms with Gasteiger partial charge in [0.2, 0.25) is 0 Å². The first kappa shape index (κ1) is 10.3. The summed E-state index contributed by atoms with van der Waals surface area (Å²) in [6, 6.07) is 21.8. The van der Waals surface area contributed by atoms with Gasteiger partial charge in [-0.2, -0.15) is 0 Å². The molecular weight excluding hydrogens is 232 g/mol. The van der Waals surface area contributed by atoms with Crippen LogP contribution in [0.4, 0.5) is 0 Å². The summed E-state index contributed by atoms with van der Waals surface area (Å²) >= 11 is 0. The summed E-state index contributed by atoms with van der Waals surface area (Å²) in [5.74, 6) is 0. The molecule has 2 aromatic heterocycles. The van der Waals surface area contributed by atoms with Crippen molar-refractivity contribution in [2.24, 2.45) is 0 Å². The maximum absolute atomic E-state index is 4.39. The number of aromatic amines is 1. The molecule has 0 fully saturated rings. The normalized spacial score (nSPS) is 11.2. The van der Waals surface area contributed by atoms with Gasteiger partial charge in [-0.15, -0.1) is 0 Å². The molecule has 0 saturated heterocycles. The summed E-state index contributed by atoms with van der Waals surface area (Å²) in [6.45, 7) is 0. The second kappa shape index (κ2) is 3.95. The number of nitrogens with zero attached hydrogens (tertiary/aromatic N) is 1. The van der Waals surface area contributed by atoms with E-state index in [1.807, 2.05) is 42.6 Å². The zero-order chi connectivity index (χ0) is 12.7. The van der Waals surface area contributed by atoms with Crippen molar-refractivity contribution in [2.45, 2.75) is 0 Å². The molecule has 1 radical (unpaired) electrons. The molecule has 0 aliphatic rings. The summed E-state index contributed by atoms with van der Waals surface area (Å²) < 4.78 is 0. The number of aromatic nitrogens is 2. The van der Waals surface area contributed by atoms with Crippen LogP contribution in [0.5, 0.6) is 0 Å². The lowest BCUT2D eigenvalue weighted by molar-refractivity contribution is 1.39. The molecule has 89 valence electrons. The van der Waals surface area contributed by atoms with Gasteiger partial charge in [0.15, 0.2) is 0 Å². The number of fused-ring (bicyclic) bond motifs is 2. The lowest BCUT2D eigenvalue weighted by atomic mass is 10.1. The van der Waals surface area contributed by atoms with Gasteiger partial charge in [0.25, 0.3) is 0 Å². The van der Waals surface area contributed by atoms with Gasteiger partial charge in [0.1, 0.15) is 0 Å². The van der Waals surface area contributed by atoms with Gasteiger partial charge in [0.05, 0.1) is 11.2 Å². The Hall–Kier alpha value is -2.61. The zero-order valence-electron chi connectivity index (χ0n) is 10.2. The Kier molecular flexibility index (Phi) is 2.15. The molecule has 1 N–H and O–H groups in total. The molecule has 4 aromatic rings. The average Bonchev–Trinajstić information content (AvgIpc) is 2.90. The van der Waals surface area contributed by atoms with E-state index in [9.17, 15) is 0 Å². The van der Waals surface area contributed by atoms with E-state index in [0.29, 0.717) is 0 Å². The predicted molar refractivity (Wildman–Crippen MR) is 77.9 cm³/mol. The highest BCUT2D eigenvalue weighted by Crippen LogP contribution is 2.28. The Morgan fingerprint density at radius 1 is 0.895 bits per heavy atom. The van der Waals surface area contributed by atoms with Crippen molar-refractivity contribution in [3.63, 3.8) is 0 Å². The van der Waals surface area contributed by atoms with Crippen LogP contribution in [0, 0.1) is 6.07 Å². The largest absolute Gasteiger partial charge is 0.354 e. The smallest absolute Gasteiger partial charge is 0.0708 e. The maximum Gasteiger partial charge on any atom is 0.0708 e. The number of hydrogen-bond acceptors (Lipinski definition) is 1. The minimum absolute atomic E-state index is 1.01. The Labute approximate surface area is 110 Å². The fourth-order valence-corrected chi connectivity index (χ4v) is 2.45. The molecule has 0 amide bonds. The first-order chi connectivity index (χ1) is 9.42. The number of pyridine rings is 1. The van der Waals surface area contributed by atoms with E-state index in [4.69, 9.17) is 0 Å². The van der Waals surface area contributed by atoms with Gasteiger partial charge >= 0.3 is 0 Å². The third-order valence-corrected chi connectivity index (χ3v) is 3.36. The zero-order valence-corrected chi connectivity index (χ0v) is 10.2. The highest BCUT2D eigenvalue weighted by atomic mass is 14.7. The summed E-state index contributed by atoms with van der Waals surface area (Å²) in [7, 11) is 0. The van der Waals surface area contributed by atoms with Crippen LogP contribution >= 0.6 is 0 Å². The molecule has 0 bridgehead atoms. The first-order valence-corrected chi connectivity index (χ1v) is 6.26. The van der Waals surface area contributed by atoms with E-state index in [-0.39, 0.29) is 0 Å². The molecule has 2 heterocycles. The number of rotatable bonds is 1.